The van der Waals surface area contributed by atoms with Gasteiger partial charge in [-0.25, -0.2) is 0 Å². The minimum atomic E-state index is 0.148. The zero-order valence-electron chi connectivity index (χ0n) is 9.77. The molecule has 1 aromatic rings. The van der Waals surface area contributed by atoms with Gasteiger partial charge in [-0.15, -0.1) is 0 Å². The first-order valence-corrected chi connectivity index (χ1v) is 5.68. The quantitative estimate of drug-likeness (QED) is 0.724. The van der Waals surface area contributed by atoms with Crippen LogP contribution < -0.4 is 4.90 Å². The Morgan fingerprint density at radius 3 is 2.82 bits per heavy atom. The predicted molar refractivity (Wildman–Crippen MR) is 67.2 cm³/mol. The van der Waals surface area contributed by atoms with Crippen molar-refractivity contribution < 1.29 is 0 Å². The van der Waals surface area contributed by atoms with Gasteiger partial charge in [-0.1, -0.05) is 6.07 Å². The lowest BCUT2D eigenvalue weighted by molar-refractivity contribution is 0.868. The van der Waals surface area contributed by atoms with Gasteiger partial charge in [0.1, 0.15) is 17.7 Å². The molecule has 0 saturated carbocycles. The standard InChI is InChI=1S/C14H13N3/c1-2-17-6-5-13-8-11(3-4-14(13)17)7-12(9-15)10-16/h3-4,7-8H,2,5-6H2,1H3. The van der Waals surface area contributed by atoms with E-state index in [1.165, 1.54) is 11.3 Å². The first kappa shape index (κ1) is 11.2. The van der Waals surface area contributed by atoms with E-state index >= 15 is 0 Å². The molecule has 0 aromatic heterocycles. The maximum atomic E-state index is 8.71. The zero-order valence-corrected chi connectivity index (χ0v) is 9.77. The van der Waals surface area contributed by atoms with Crippen LogP contribution in [0.4, 0.5) is 5.69 Å². The van der Waals surface area contributed by atoms with Crippen LogP contribution in [0.1, 0.15) is 18.1 Å². The Morgan fingerprint density at radius 1 is 1.41 bits per heavy atom. The summed E-state index contributed by atoms with van der Waals surface area (Å²) in [7, 11) is 0. The number of allylic oxidation sites excluding steroid dienone is 1. The van der Waals surface area contributed by atoms with Crippen LogP contribution in [0.2, 0.25) is 0 Å². The molecule has 0 bridgehead atoms. The normalized spacial score (nSPS) is 12.5. The van der Waals surface area contributed by atoms with Crippen LogP contribution in [0, 0.1) is 22.7 Å². The molecule has 3 heteroatoms. The number of hydrogen-bond acceptors (Lipinski definition) is 3. The van der Waals surface area contributed by atoms with E-state index in [2.05, 4.69) is 24.0 Å². The van der Waals surface area contributed by atoms with Crippen molar-refractivity contribution >= 4 is 11.8 Å². The summed E-state index contributed by atoms with van der Waals surface area (Å²) in [6.07, 6.45) is 2.67. The number of fused-ring (bicyclic) bond motifs is 1. The van der Waals surface area contributed by atoms with E-state index < -0.39 is 0 Å². The third kappa shape index (κ3) is 2.14. The molecule has 0 N–H and O–H groups in total. The minimum absolute atomic E-state index is 0.148. The molecule has 1 aliphatic heterocycles. The lowest BCUT2D eigenvalue weighted by atomic mass is 10.1. The molecule has 0 radical (unpaired) electrons. The SMILES string of the molecule is CCN1CCc2cc(C=C(C#N)C#N)ccc21. The Hall–Kier alpha value is -2.26. The summed E-state index contributed by atoms with van der Waals surface area (Å²) in [5.74, 6) is 0. The Kier molecular flexibility index (Phi) is 3.12. The van der Waals surface area contributed by atoms with Gasteiger partial charge < -0.3 is 4.90 Å². The van der Waals surface area contributed by atoms with E-state index in [-0.39, 0.29) is 5.57 Å². The largest absolute Gasteiger partial charge is 0.371 e. The van der Waals surface area contributed by atoms with E-state index in [0.29, 0.717) is 0 Å². The molecule has 0 unspecified atom stereocenters. The summed E-state index contributed by atoms with van der Waals surface area (Å²) in [5, 5.41) is 17.4. The lowest BCUT2D eigenvalue weighted by Gasteiger charge is -2.16. The number of rotatable bonds is 2. The van der Waals surface area contributed by atoms with Crippen molar-refractivity contribution in [2.45, 2.75) is 13.3 Å². The van der Waals surface area contributed by atoms with Gasteiger partial charge in [-0.05, 0) is 42.7 Å². The Balaban J connectivity index is 2.35. The molecule has 1 heterocycles. The van der Waals surface area contributed by atoms with E-state index in [1.807, 2.05) is 18.2 Å². The van der Waals surface area contributed by atoms with Gasteiger partial charge >= 0.3 is 0 Å². The topological polar surface area (TPSA) is 50.8 Å². The molecule has 1 aliphatic rings. The van der Waals surface area contributed by atoms with Gasteiger partial charge in [0.2, 0.25) is 0 Å². The maximum absolute atomic E-state index is 8.71. The van der Waals surface area contributed by atoms with E-state index in [0.717, 1.165) is 25.1 Å². The monoisotopic (exact) mass is 223 g/mol. The molecular weight excluding hydrogens is 210 g/mol. The molecule has 3 nitrogen and oxygen atoms in total. The minimum Gasteiger partial charge on any atom is -0.371 e. The number of nitriles is 2. The molecule has 2 rings (SSSR count). The first-order chi connectivity index (χ1) is 8.28. The molecule has 17 heavy (non-hydrogen) atoms. The smallest absolute Gasteiger partial charge is 0.130 e. The van der Waals surface area contributed by atoms with Gasteiger partial charge in [0, 0.05) is 18.8 Å². The van der Waals surface area contributed by atoms with Crippen molar-refractivity contribution in [2.24, 2.45) is 0 Å². The number of likely N-dealkylation sites (N-methyl/N-ethyl adjacent to an activating group) is 1. The van der Waals surface area contributed by atoms with Crippen molar-refractivity contribution in [2.75, 3.05) is 18.0 Å². The van der Waals surface area contributed by atoms with Crippen molar-refractivity contribution in [3.05, 3.63) is 34.9 Å². The molecule has 0 amide bonds. The van der Waals surface area contributed by atoms with Gasteiger partial charge in [-0.3, -0.25) is 0 Å². The van der Waals surface area contributed by atoms with Crippen LogP contribution >= 0.6 is 0 Å². The van der Waals surface area contributed by atoms with Crippen LogP contribution in [0.25, 0.3) is 6.08 Å². The Labute approximate surface area is 101 Å². The third-order valence-electron chi connectivity index (χ3n) is 3.03. The fourth-order valence-corrected chi connectivity index (χ4v) is 2.16. The number of nitrogens with zero attached hydrogens (tertiary/aromatic N) is 3. The maximum Gasteiger partial charge on any atom is 0.130 e. The van der Waals surface area contributed by atoms with Crippen LogP contribution in [-0.4, -0.2) is 13.1 Å². The number of benzene rings is 1. The highest BCUT2D eigenvalue weighted by Gasteiger charge is 2.17. The van der Waals surface area contributed by atoms with Crippen molar-refractivity contribution in [3.8, 4) is 12.1 Å². The number of anilines is 1. The van der Waals surface area contributed by atoms with Crippen molar-refractivity contribution in [1.82, 2.24) is 0 Å². The molecule has 0 atom stereocenters. The summed E-state index contributed by atoms with van der Waals surface area (Å²) >= 11 is 0. The van der Waals surface area contributed by atoms with Crippen LogP contribution in [0.3, 0.4) is 0 Å². The molecule has 0 spiro atoms. The van der Waals surface area contributed by atoms with Crippen LogP contribution in [0.5, 0.6) is 0 Å². The highest BCUT2D eigenvalue weighted by molar-refractivity contribution is 5.67. The van der Waals surface area contributed by atoms with Crippen molar-refractivity contribution in [1.29, 1.82) is 10.5 Å². The van der Waals surface area contributed by atoms with E-state index in [4.69, 9.17) is 10.5 Å². The highest BCUT2D eigenvalue weighted by atomic mass is 15.1. The summed E-state index contributed by atoms with van der Waals surface area (Å²) in [4.78, 5) is 2.33. The third-order valence-corrected chi connectivity index (χ3v) is 3.03. The summed E-state index contributed by atoms with van der Waals surface area (Å²) in [6.45, 7) is 4.22. The fourth-order valence-electron chi connectivity index (χ4n) is 2.16. The van der Waals surface area contributed by atoms with Gasteiger partial charge in [-0.2, -0.15) is 10.5 Å². The first-order valence-electron chi connectivity index (χ1n) is 5.68. The average molecular weight is 223 g/mol. The predicted octanol–water partition coefficient (Wildman–Crippen LogP) is 2.50. The Bertz CT molecular complexity index is 528. The molecule has 0 fully saturated rings. The second-order valence-electron chi connectivity index (χ2n) is 4.00. The molecule has 1 aromatic carbocycles. The number of hydrogen-bond donors (Lipinski definition) is 0. The Morgan fingerprint density at radius 2 is 2.18 bits per heavy atom. The summed E-state index contributed by atoms with van der Waals surface area (Å²) in [5.41, 5.74) is 3.66. The lowest BCUT2D eigenvalue weighted by Crippen LogP contribution is -2.18. The van der Waals surface area contributed by atoms with Crippen molar-refractivity contribution in [3.63, 3.8) is 0 Å². The van der Waals surface area contributed by atoms with E-state index in [1.54, 1.807) is 6.08 Å². The summed E-state index contributed by atoms with van der Waals surface area (Å²) < 4.78 is 0. The molecular formula is C14H13N3. The fraction of sp³-hybridized carbons (Fsp3) is 0.286. The van der Waals surface area contributed by atoms with Gasteiger partial charge in [0.25, 0.3) is 0 Å². The highest BCUT2D eigenvalue weighted by Crippen LogP contribution is 2.28. The van der Waals surface area contributed by atoms with E-state index in [9.17, 15) is 0 Å². The molecule has 0 saturated heterocycles. The average Bonchev–Trinajstić information content (AvgIpc) is 2.78. The van der Waals surface area contributed by atoms with Gasteiger partial charge in [0.15, 0.2) is 0 Å². The zero-order chi connectivity index (χ0) is 12.3. The second kappa shape index (κ2) is 4.72. The van der Waals surface area contributed by atoms with Crippen LogP contribution in [0.15, 0.2) is 23.8 Å². The van der Waals surface area contributed by atoms with Crippen LogP contribution in [-0.2, 0) is 6.42 Å². The summed E-state index contributed by atoms with van der Waals surface area (Å²) in [6, 6.07) is 9.86. The molecule has 0 aliphatic carbocycles. The molecule has 84 valence electrons. The van der Waals surface area contributed by atoms with Gasteiger partial charge in [0.05, 0.1) is 0 Å². The second-order valence-corrected chi connectivity index (χ2v) is 4.00.